The highest BCUT2D eigenvalue weighted by Gasteiger charge is 2.22. The smallest absolute Gasteiger partial charge is 0.335 e. The summed E-state index contributed by atoms with van der Waals surface area (Å²) in [4.78, 5) is 43.9. The van der Waals surface area contributed by atoms with Gasteiger partial charge in [0.05, 0.1) is 17.0 Å². The van der Waals surface area contributed by atoms with Gasteiger partial charge in [-0.05, 0) is 35.4 Å². The first-order valence-corrected chi connectivity index (χ1v) is 8.75. The molecule has 0 saturated carbocycles. The highest BCUT2D eigenvalue weighted by atomic mass is 16.4. The van der Waals surface area contributed by atoms with Crippen LogP contribution in [0.2, 0.25) is 0 Å². The summed E-state index contributed by atoms with van der Waals surface area (Å²) in [6, 6.07) is 17.4. The molecule has 2 aromatic heterocycles. The summed E-state index contributed by atoms with van der Waals surface area (Å²) in [6.45, 7) is 0. The number of hydrogen-bond acceptors (Lipinski definition) is 5. The number of anilines is 1. The molecule has 0 radical (unpaired) electrons. The number of carboxylic acids is 1. The van der Waals surface area contributed by atoms with Crippen LogP contribution in [0.15, 0.2) is 76.3 Å². The number of nitrogens with two attached hydrogens (primary N) is 1. The Bertz CT molecular complexity index is 1330. The van der Waals surface area contributed by atoms with Crippen molar-refractivity contribution >= 4 is 22.8 Å². The second kappa shape index (κ2) is 7.08. The van der Waals surface area contributed by atoms with Crippen molar-refractivity contribution in [3.8, 4) is 0 Å². The standard InChI is InChI=1S/C21H16N4O4/c22-16-11-10-15-18(23-16)24-21(29)25(19(15)26)17(12-4-2-1-3-5-12)13-6-8-14(9-7-13)20(27)28/h1-11,17H,(H,27,28)(H3,22,23,24,29). The largest absolute Gasteiger partial charge is 0.478 e. The molecular weight excluding hydrogens is 372 g/mol. The van der Waals surface area contributed by atoms with Gasteiger partial charge >= 0.3 is 11.7 Å². The van der Waals surface area contributed by atoms with Crippen LogP contribution >= 0.6 is 0 Å². The third-order valence-corrected chi connectivity index (χ3v) is 4.66. The van der Waals surface area contributed by atoms with Crippen molar-refractivity contribution in [2.24, 2.45) is 0 Å². The number of carbonyl (C=O) groups is 1. The van der Waals surface area contributed by atoms with Gasteiger partial charge < -0.3 is 10.8 Å². The van der Waals surface area contributed by atoms with Crippen molar-refractivity contribution in [2.75, 3.05) is 5.73 Å². The molecule has 4 N–H and O–H groups in total. The van der Waals surface area contributed by atoms with E-state index in [1.54, 1.807) is 36.4 Å². The molecular formula is C21H16N4O4. The SMILES string of the molecule is Nc1ccc2c(=O)n(C(c3ccccc3)c3ccc(C(=O)O)cc3)c(=O)[nH]c2n1. The van der Waals surface area contributed by atoms with E-state index in [0.717, 1.165) is 4.57 Å². The van der Waals surface area contributed by atoms with Crippen molar-refractivity contribution in [3.63, 3.8) is 0 Å². The van der Waals surface area contributed by atoms with Crippen LogP contribution in [-0.4, -0.2) is 25.6 Å². The van der Waals surface area contributed by atoms with Gasteiger partial charge in [0.25, 0.3) is 5.56 Å². The van der Waals surface area contributed by atoms with E-state index in [-0.39, 0.29) is 22.4 Å². The van der Waals surface area contributed by atoms with E-state index in [1.165, 1.54) is 24.3 Å². The molecule has 0 spiro atoms. The lowest BCUT2D eigenvalue weighted by Gasteiger charge is -2.20. The summed E-state index contributed by atoms with van der Waals surface area (Å²) in [5.74, 6) is -0.869. The number of carboxylic acid groups (broad SMARTS) is 1. The Balaban J connectivity index is 2.00. The third kappa shape index (κ3) is 3.27. The van der Waals surface area contributed by atoms with Crippen LogP contribution in [0.3, 0.4) is 0 Å². The molecule has 1 atom stereocenters. The minimum absolute atomic E-state index is 0.111. The average molecular weight is 388 g/mol. The van der Waals surface area contributed by atoms with Crippen LogP contribution in [-0.2, 0) is 0 Å². The van der Waals surface area contributed by atoms with E-state index in [2.05, 4.69) is 9.97 Å². The predicted molar refractivity (Wildman–Crippen MR) is 108 cm³/mol. The number of rotatable bonds is 4. The van der Waals surface area contributed by atoms with Crippen molar-refractivity contribution < 1.29 is 9.90 Å². The Kier molecular flexibility index (Phi) is 4.44. The fraction of sp³-hybridized carbons (Fsp3) is 0.0476. The molecule has 8 nitrogen and oxygen atoms in total. The fourth-order valence-corrected chi connectivity index (χ4v) is 3.29. The van der Waals surface area contributed by atoms with Crippen LogP contribution < -0.4 is 17.0 Å². The number of nitrogens with one attached hydrogen (secondary N) is 1. The monoisotopic (exact) mass is 388 g/mol. The topological polar surface area (TPSA) is 131 Å². The first-order chi connectivity index (χ1) is 14.0. The minimum atomic E-state index is -1.06. The Morgan fingerprint density at radius 2 is 1.62 bits per heavy atom. The Morgan fingerprint density at radius 3 is 2.28 bits per heavy atom. The molecule has 4 rings (SSSR count). The number of aromatic nitrogens is 3. The molecule has 2 aromatic carbocycles. The summed E-state index contributed by atoms with van der Waals surface area (Å²) in [7, 11) is 0. The number of H-pyrrole nitrogens is 1. The number of nitrogens with zero attached hydrogens (tertiary/aromatic N) is 2. The molecule has 0 aliphatic rings. The third-order valence-electron chi connectivity index (χ3n) is 4.66. The van der Waals surface area contributed by atoms with Gasteiger partial charge in [-0.25, -0.2) is 19.1 Å². The second-order valence-corrected chi connectivity index (χ2v) is 6.48. The van der Waals surface area contributed by atoms with Crippen molar-refractivity contribution in [1.29, 1.82) is 0 Å². The highest BCUT2D eigenvalue weighted by Crippen LogP contribution is 2.25. The maximum absolute atomic E-state index is 13.2. The van der Waals surface area contributed by atoms with Gasteiger partial charge in [0.1, 0.15) is 11.5 Å². The molecule has 2 heterocycles. The summed E-state index contributed by atoms with van der Waals surface area (Å²) in [5, 5.41) is 9.37. The van der Waals surface area contributed by atoms with Crippen LogP contribution in [0.1, 0.15) is 27.5 Å². The van der Waals surface area contributed by atoms with Crippen molar-refractivity contribution in [3.05, 3.63) is 104 Å². The molecule has 0 aliphatic heterocycles. The molecule has 0 bridgehead atoms. The molecule has 4 aromatic rings. The summed E-state index contributed by atoms with van der Waals surface area (Å²) in [6.07, 6.45) is 0. The van der Waals surface area contributed by atoms with Gasteiger partial charge in [-0.15, -0.1) is 0 Å². The van der Waals surface area contributed by atoms with Crippen LogP contribution in [0.25, 0.3) is 11.0 Å². The molecule has 144 valence electrons. The lowest BCUT2D eigenvalue weighted by Crippen LogP contribution is -2.39. The minimum Gasteiger partial charge on any atom is -0.478 e. The first-order valence-electron chi connectivity index (χ1n) is 8.75. The number of benzene rings is 2. The normalized spacial score (nSPS) is 12.0. The summed E-state index contributed by atoms with van der Waals surface area (Å²) in [5.41, 5.74) is 6.01. The molecule has 0 amide bonds. The lowest BCUT2D eigenvalue weighted by atomic mass is 9.97. The lowest BCUT2D eigenvalue weighted by molar-refractivity contribution is 0.0697. The van der Waals surface area contributed by atoms with Gasteiger partial charge in [-0.1, -0.05) is 42.5 Å². The molecule has 0 aliphatic carbocycles. The summed E-state index contributed by atoms with van der Waals surface area (Å²) < 4.78 is 1.10. The van der Waals surface area contributed by atoms with Gasteiger partial charge in [-0.2, -0.15) is 0 Å². The number of aromatic amines is 1. The molecule has 29 heavy (non-hydrogen) atoms. The number of hydrogen-bond donors (Lipinski definition) is 3. The zero-order valence-corrected chi connectivity index (χ0v) is 15.1. The quantitative estimate of drug-likeness (QED) is 0.490. The van der Waals surface area contributed by atoms with E-state index in [9.17, 15) is 14.4 Å². The molecule has 0 saturated heterocycles. The molecule has 8 heteroatoms. The van der Waals surface area contributed by atoms with Crippen LogP contribution in [0.4, 0.5) is 5.82 Å². The van der Waals surface area contributed by atoms with Crippen LogP contribution in [0.5, 0.6) is 0 Å². The zero-order chi connectivity index (χ0) is 20.5. The van der Waals surface area contributed by atoms with E-state index < -0.39 is 23.3 Å². The van der Waals surface area contributed by atoms with Crippen molar-refractivity contribution in [2.45, 2.75) is 6.04 Å². The van der Waals surface area contributed by atoms with E-state index in [1.807, 2.05) is 6.07 Å². The molecule has 0 fully saturated rings. The van der Waals surface area contributed by atoms with E-state index in [4.69, 9.17) is 10.8 Å². The van der Waals surface area contributed by atoms with Gasteiger partial charge in [0.2, 0.25) is 0 Å². The van der Waals surface area contributed by atoms with Crippen molar-refractivity contribution in [1.82, 2.24) is 14.5 Å². The Morgan fingerprint density at radius 1 is 0.966 bits per heavy atom. The van der Waals surface area contributed by atoms with Gasteiger partial charge in [-0.3, -0.25) is 9.78 Å². The number of aromatic carboxylic acids is 1. The van der Waals surface area contributed by atoms with Gasteiger partial charge in [0.15, 0.2) is 0 Å². The number of pyridine rings is 1. The fourth-order valence-electron chi connectivity index (χ4n) is 3.29. The van der Waals surface area contributed by atoms with E-state index in [0.29, 0.717) is 11.1 Å². The summed E-state index contributed by atoms with van der Waals surface area (Å²) >= 11 is 0. The second-order valence-electron chi connectivity index (χ2n) is 6.48. The highest BCUT2D eigenvalue weighted by molar-refractivity contribution is 5.87. The van der Waals surface area contributed by atoms with Crippen LogP contribution in [0, 0.1) is 0 Å². The maximum Gasteiger partial charge on any atom is 0.335 e. The Labute approximate surface area is 163 Å². The maximum atomic E-state index is 13.2. The number of nitrogen functional groups attached to an aromatic ring is 1. The Hall–Kier alpha value is -4.20. The predicted octanol–water partition coefficient (Wildman–Crippen LogP) is 2.00. The molecule has 1 unspecified atom stereocenters. The zero-order valence-electron chi connectivity index (χ0n) is 15.1. The first kappa shape index (κ1) is 18.2. The van der Waals surface area contributed by atoms with E-state index >= 15 is 0 Å². The number of fused-ring (bicyclic) bond motifs is 1. The van der Waals surface area contributed by atoms with Gasteiger partial charge in [0, 0.05) is 0 Å². The average Bonchev–Trinajstić information content (AvgIpc) is 2.71.